The van der Waals surface area contributed by atoms with Gasteiger partial charge in [-0.25, -0.2) is 0 Å². The molecule has 2 aliphatic rings. The predicted octanol–water partition coefficient (Wildman–Crippen LogP) is 3.15. The van der Waals surface area contributed by atoms with Gasteiger partial charge in [-0.15, -0.1) is 0 Å². The third-order valence-corrected chi connectivity index (χ3v) is 2.93. The van der Waals surface area contributed by atoms with Crippen molar-refractivity contribution < 1.29 is 0 Å². The summed E-state index contributed by atoms with van der Waals surface area (Å²) < 4.78 is 0. The lowest BCUT2D eigenvalue weighted by Crippen LogP contribution is -2.06. The zero-order valence-electron chi connectivity index (χ0n) is 8.98. The molecule has 0 unspecified atom stereocenters. The van der Waals surface area contributed by atoms with Gasteiger partial charge in [0.25, 0.3) is 0 Å². The van der Waals surface area contributed by atoms with E-state index in [0.29, 0.717) is 5.92 Å². The van der Waals surface area contributed by atoms with E-state index in [2.05, 4.69) is 59.2 Å². The van der Waals surface area contributed by atoms with Crippen LogP contribution in [-0.2, 0) is 0 Å². The molecule has 0 saturated heterocycles. The van der Waals surface area contributed by atoms with E-state index in [1.807, 2.05) is 6.07 Å². The third-order valence-electron chi connectivity index (χ3n) is 2.93. The number of benzene rings is 1. The van der Waals surface area contributed by atoms with Crippen LogP contribution in [0.15, 0.2) is 60.3 Å². The molecule has 0 saturated carbocycles. The molecule has 1 heterocycles. The smallest absolute Gasteiger partial charge is 0.0617 e. The van der Waals surface area contributed by atoms with Crippen molar-refractivity contribution in [3.05, 3.63) is 60.3 Å². The van der Waals surface area contributed by atoms with Crippen molar-refractivity contribution in [3.8, 4) is 0 Å². The fourth-order valence-corrected chi connectivity index (χ4v) is 2.08. The van der Waals surface area contributed by atoms with Gasteiger partial charge in [-0.1, -0.05) is 36.4 Å². The van der Waals surface area contributed by atoms with E-state index in [0.717, 1.165) is 12.2 Å². The minimum absolute atomic E-state index is 0.396. The van der Waals surface area contributed by atoms with Gasteiger partial charge < -0.3 is 10.6 Å². The second kappa shape index (κ2) is 3.89. The van der Waals surface area contributed by atoms with Gasteiger partial charge in [0.2, 0.25) is 0 Å². The van der Waals surface area contributed by atoms with Crippen molar-refractivity contribution in [2.75, 3.05) is 17.2 Å². The summed E-state index contributed by atoms with van der Waals surface area (Å²) in [5, 5.41) is 6.89. The second-order valence-corrected chi connectivity index (χ2v) is 4.01. The van der Waals surface area contributed by atoms with Gasteiger partial charge in [0.1, 0.15) is 0 Å². The summed E-state index contributed by atoms with van der Waals surface area (Å²) in [5.41, 5.74) is 3.57. The van der Waals surface area contributed by atoms with Gasteiger partial charge in [-0.05, 0) is 18.2 Å². The Labute approximate surface area is 95.4 Å². The maximum atomic E-state index is 3.50. The molecule has 0 amide bonds. The number of rotatable bonds is 1. The first-order chi connectivity index (χ1) is 7.93. The molecule has 0 aromatic heterocycles. The molecule has 16 heavy (non-hydrogen) atoms. The molecular formula is C14H14N2. The number of para-hydroxylation sites is 2. The monoisotopic (exact) mass is 210 g/mol. The van der Waals surface area contributed by atoms with E-state index in [4.69, 9.17) is 0 Å². The van der Waals surface area contributed by atoms with Crippen molar-refractivity contribution in [3.63, 3.8) is 0 Å². The number of hydrogen-bond donors (Lipinski definition) is 2. The highest BCUT2D eigenvalue weighted by atomic mass is 15.0. The Morgan fingerprint density at radius 1 is 1.00 bits per heavy atom. The van der Waals surface area contributed by atoms with Crippen molar-refractivity contribution in [2.45, 2.75) is 0 Å². The number of anilines is 2. The minimum atomic E-state index is 0.396. The first kappa shape index (κ1) is 9.28. The summed E-state index contributed by atoms with van der Waals surface area (Å²) in [4.78, 5) is 0. The second-order valence-electron chi connectivity index (χ2n) is 4.01. The standard InChI is InChI=1S/C14H14N2/c1-2-6-11(5-1)12-9-10-15-13-7-3-4-8-14(13)16-12/h1-9,11,15-16H,10H2. The van der Waals surface area contributed by atoms with Crippen LogP contribution < -0.4 is 10.6 Å². The first-order valence-corrected chi connectivity index (χ1v) is 5.58. The average Bonchev–Trinajstić information content (AvgIpc) is 2.75. The maximum absolute atomic E-state index is 3.50. The Kier molecular flexibility index (Phi) is 2.26. The number of allylic oxidation sites excluding steroid dienone is 3. The Morgan fingerprint density at radius 3 is 2.56 bits per heavy atom. The first-order valence-electron chi connectivity index (χ1n) is 5.58. The summed E-state index contributed by atoms with van der Waals surface area (Å²) in [6.07, 6.45) is 10.8. The highest BCUT2D eigenvalue weighted by Crippen LogP contribution is 2.28. The maximum Gasteiger partial charge on any atom is 0.0617 e. The molecule has 0 spiro atoms. The van der Waals surface area contributed by atoms with Gasteiger partial charge >= 0.3 is 0 Å². The molecule has 80 valence electrons. The van der Waals surface area contributed by atoms with Crippen molar-refractivity contribution >= 4 is 11.4 Å². The molecule has 0 fully saturated rings. The molecule has 2 N–H and O–H groups in total. The summed E-state index contributed by atoms with van der Waals surface area (Å²) >= 11 is 0. The molecule has 0 bridgehead atoms. The lowest BCUT2D eigenvalue weighted by molar-refractivity contribution is 0.985. The van der Waals surface area contributed by atoms with E-state index in [-0.39, 0.29) is 0 Å². The molecule has 1 aromatic rings. The lowest BCUT2D eigenvalue weighted by atomic mass is 10.1. The molecule has 1 aromatic carbocycles. The fourth-order valence-electron chi connectivity index (χ4n) is 2.08. The van der Waals surface area contributed by atoms with E-state index in [1.54, 1.807) is 0 Å². The highest BCUT2D eigenvalue weighted by Gasteiger charge is 2.14. The zero-order chi connectivity index (χ0) is 10.8. The van der Waals surface area contributed by atoms with Gasteiger partial charge in [-0.2, -0.15) is 0 Å². The van der Waals surface area contributed by atoms with Gasteiger partial charge in [0, 0.05) is 18.2 Å². The van der Waals surface area contributed by atoms with E-state index in [1.165, 1.54) is 11.4 Å². The normalized spacial score (nSPS) is 18.4. The summed E-state index contributed by atoms with van der Waals surface area (Å²) in [5.74, 6) is 0.396. The Balaban J connectivity index is 1.91. The van der Waals surface area contributed by atoms with Crippen LogP contribution in [0, 0.1) is 5.92 Å². The lowest BCUT2D eigenvalue weighted by Gasteiger charge is -2.14. The number of nitrogens with one attached hydrogen (secondary N) is 2. The third kappa shape index (κ3) is 1.63. The molecular weight excluding hydrogens is 196 g/mol. The molecule has 2 nitrogen and oxygen atoms in total. The van der Waals surface area contributed by atoms with Crippen LogP contribution in [0.3, 0.4) is 0 Å². The van der Waals surface area contributed by atoms with Crippen molar-refractivity contribution in [1.29, 1.82) is 0 Å². The van der Waals surface area contributed by atoms with E-state index >= 15 is 0 Å². The predicted molar refractivity (Wildman–Crippen MR) is 68.4 cm³/mol. The van der Waals surface area contributed by atoms with Gasteiger partial charge in [0.05, 0.1) is 11.4 Å². The average molecular weight is 210 g/mol. The SMILES string of the molecule is C1=CC(C2=CCNc3ccccc3N2)C=C1. The van der Waals surface area contributed by atoms with Crippen LogP contribution >= 0.6 is 0 Å². The quantitative estimate of drug-likeness (QED) is 0.744. The summed E-state index contributed by atoms with van der Waals surface area (Å²) in [6.45, 7) is 0.873. The number of fused-ring (bicyclic) bond motifs is 1. The highest BCUT2D eigenvalue weighted by molar-refractivity contribution is 5.72. The van der Waals surface area contributed by atoms with E-state index < -0.39 is 0 Å². The van der Waals surface area contributed by atoms with Gasteiger partial charge in [0.15, 0.2) is 0 Å². The topological polar surface area (TPSA) is 24.1 Å². The largest absolute Gasteiger partial charge is 0.380 e. The van der Waals surface area contributed by atoms with E-state index in [9.17, 15) is 0 Å². The molecule has 3 rings (SSSR count). The zero-order valence-corrected chi connectivity index (χ0v) is 8.98. The Hall–Kier alpha value is -1.96. The minimum Gasteiger partial charge on any atom is -0.380 e. The van der Waals surface area contributed by atoms with Crippen molar-refractivity contribution in [2.24, 2.45) is 5.92 Å². The number of hydrogen-bond acceptors (Lipinski definition) is 2. The van der Waals surface area contributed by atoms with Crippen LogP contribution in [0.2, 0.25) is 0 Å². The molecule has 2 heteroatoms. The molecule has 1 aliphatic carbocycles. The molecule has 0 radical (unpaired) electrons. The van der Waals surface area contributed by atoms with Crippen LogP contribution in [0.25, 0.3) is 0 Å². The fraction of sp³-hybridized carbons (Fsp3) is 0.143. The molecule has 1 aliphatic heterocycles. The van der Waals surface area contributed by atoms with Crippen LogP contribution in [-0.4, -0.2) is 6.54 Å². The van der Waals surface area contributed by atoms with Crippen molar-refractivity contribution in [1.82, 2.24) is 0 Å². The summed E-state index contributed by atoms with van der Waals surface area (Å²) in [7, 11) is 0. The Bertz CT molecular complexity index is 471. The molecule has 0 atom stereocenters. The summed E-state index contributed by atoms with van der Waals surface area (Å²) in [6, 6.07) is 8.30. The van der Waals surface area contributed by atoms with Crippen LogP contribution in [0.4, 0.5) is 11.4 Å². The van der Waals surface area contributed by atoms with Crippen LogP contribution in [0.1, 0.15) is 0 Å². The van der Waals surface area contributed by atoms with Gasteiger partial charge in [-0.3, -0.25) is 0 Å². The Morgan fingerprint density at radius 2 is 1.75 bits per heavy atom. The van der Waals surface area contributed by atoms with Crippen LogP contribution in [0.5, 0.6) is 0 Å².